The fraction of sp³-hybridized carbons (Fsp3) is 0.600. The van der Waals surface area contributed by atoms with E-state index < -0.39 is 8.80 Å². The first-order valence-corrected chi connectivity index (χ1v) is 8.84. The van der Waals surface area contributed by atoms with Crippen LogP contribution < -0.4 is 5.19 Å². The van der Waals surface area contributed by atoms with Gasteiger partial charge in [-0.3, -0.25) is 0 Å². The van der Waals surface area contributed by atoms with E-state index in [1.165, 1.54) is 5.56 Å². The second-order valence-electron chi connectivity index (χ2n) is 4.64. The summed E-state index contributed by atoms with van der Waals surface area (Å²) in [5.74, 6) is 0.483. The van der Waals surface area contributed by atoms with E-state index in [9.17, 15) is 0 Å². The first-order chi connectivity index (χ1) is 9.09. The van der Waals surface area contributed by atoms with Crippen LogP contribution in [0.5, 0.6) is 0 Å². The smallest absolute Gasteiger partial charge is 0.370 e. The molecule has 0 fully saturated rings. The Balaban J connectivity index is 3.17. The lowest BCUT2D eigenvalue weighted by Crippen LogP contribution is -2.57. The average molecular weight is 282 g/mol. The summed E-state index contributed by atoms with van der Waals surface area (Å²) in [5.41, 5.74) is 1.29. The van der Waals surface area contributed by atoms with Gasteiger partial charge in [-0.15, -0.1) is 0 Å². The minimum atomic E-state index is -2.75. The van der Waals surface area contributed by atoms with Gasteiger partial charge in [0.15, 0.2) is 0 Å². The largest absolute Gasteiger partial charge is 0.537 e. The van der Waals surface area contributed by atoms with Crippen molar-refractivity contribution in [2.45, 2.75) is 40.5 Å². The van der Waals surface area contributed by atoms with Crippen molar-refractivity contribution in [3.8, 4) is 0 Å². The molecule has 0 amide bonds. The highest BCUT2D eigenvalue weighted by molar-refractivity contribution is 6.75. The molecule has 0 unspecified atom stereocenters. The third kappa shape index (κ3) is 4.14. The lowest BCUT2D eigenvalue weighted by molar-refractivity contribution is 0.0859. The lowest BCUT2D eigenvalue weighted by atomic mass is 10.0. The van der Waals surface area contributed by atoms with E-state index in [-0.39, 0.29) is 0 Å². The minimum Gasteiger partial charge on any atom is -0.370 e. The third-order valence-electron chi connectivity index (χ3n) is 2.91. The first kappa shape index (κ1) is 16.4. The number of rotatable bonds is 8. The van der Waals surface area contributed by atoms with Gasteiger partial charge in [0.05, 0.1) is 0 Å². The van der Waals surface area contributed by atoms with Crippen LogP contribution in [-0.2, 0) is 13.3 Å². The van der Waals surface area contributed by atoms with Crippen LogP contribution in [0, 0.1) is 0 Å². The molecular formula is C15H26O3Si. The van der Waals surface area contributed by atoms with E-state index in [0.29, 0.717) is 25.7 Å². The second kappa shape index (κ2) is 7.80. The van der Waals surface area contributed by atoms with Gasteiger partial charge in [-0.05, 0) is 32.3 Å². The molecule has 4 heteroatoms. The van der Waals surface area contributed by atoms with Crippen LogP contribution in [0.4, 0.5) is 0 Å². The number of benzene rings is 1. The Morgan fingerprint density at radius 3 is 1.89 bits per heavy atom. The molecule has 19 heavy (non-hydrogen) atoms. The molecule has 0 N–H and O–H groups in total. The van der Waals surface area contributed by atoms with Gasteiger partial charge < -0.3 is 13.3 Å². The van der Waals surface area contributed by atoms with Crippen LogP contribution in [0.1, 0.15) is 46.1 Å². The monoisotopic (exact) mass is 282 g/mol. The summed E-state index contributed by atoms with van der Waals surface area (Å²) in [6, 6.07) is 8.41. The topological polar surface area (TPSA) is 27.7 Å². The van der Waals surface area contributed by atoms with E-state index in [4.69, 9.17) is 13.3 Å². The first-order valence-electron chi connectivity index (χ1n) is 7.11. The third-order valence-corrected chi connectivity index (χ3v) is 5.93. The Bertz CT molecular complexity index is 362. The summed E-state index contributed by atoms with van der Waals surface area (Å²) in [4.78, 5) is 0. The molecule has 0 aliphatic carbocycles. The summed E-state index contributed by atoms with van der Waals surface area (Å²) in [7, 11) is -2.75. The molecule has 3 nitrogen and oxygen atoms in total. The van der Waals surface area contributed by atoms with Crippen molar-refractivity contribution in [1.82, 2.24) is 0 Å². The Hall–Kier alpha value is -0.683. The quantitative estimate of drug-likeness (QED) is 0.686. The molecule has 1 rings (SSSR count). The van der Waals surface area contributed by atoms with Crippen LogP contribution in [0.15, 0.2) is 24.3 Å². The normalized spacial score (nSPS) is 12.1. The lowest BCUT2D eigenvalue weighted by Gasteiger charge is -2.29. The van der Waals surface area contributed by atoms with Crippen molar-refractivity contribution < 1.29 is 13.3 Å². The summed E-state index contributed by atoms with van der Waals surface area (Å²) in [6.07, 6.45) is 0. The summed E-state index contributed by atoms with van der Waals surface area (Å²) < 4.78 is 17.8. The van der Waals surface area contributed by atoms with Crippen molar-refractivity contribution in [1.29, 1.82) is 0 Å². The highest BCUT2D eigenvalue weighted by atomic mass is 28.4. The molecule has 0 spiro atoms. The van der Waals surface area contributed by atoms with E-state index in [1.807, 2.05) is 20.8 Å². The van der Waals surface area contributed by atoms with Gasteiger partial charge in [0.1, 0.15) is 0 Å². The molecule has 108 valence electrons. The maximum atomic E-state index is 5.93. The van der Waals surface area contributed by atoms with E-state index in [0.717, 1.165) is 5.19 Å². The van der Waals surface area contributed by atoms with E-state index in [1.54, 1.807) is 0 Å². The zero-order chi connectivity index (χ0) is 14.3. The fourth-order valence-electron chi connectivity index (χ4n) is 2.03. The van der Waals surface area contributed by atoms with Gasteiger partial charge in [-0.2, -0.15) is 0 Å². The predicted octanol–water partition coefficient (Wildman–Crippen LogP) is 3.07. The van der Waals surface area contributed by atoms with Crippen molar-refractivity contribution in [2.75, 3.05) is 19.8 Å². The molecule has 0 bridgehead atoms. The Morgan fingerprint density at radius 2 is 1.47 bits per heavy atom. The zero-order valence-corrected chi connectivity index (χ0v) is 13.7. The molecule has 0 radical (unpaired) electrons. The molecular weight excluding hydrogens is 256 g/mol. The molecule has 0 saturated carbocycles. The highest BCUT2D eigenvalue weighted by Gasteiger charge is 2.43. The highest BCUT2D eigenvalue weighted by Crippen LogP contribution is 2.16. The van der Waals surface area contributed by atoms with Crippen molar-refractivity contribution >= 4 is 14.0 Å². The Labute approximate surface area is 118 Å². The van der Waals surface area contributed by atoms with Gasteiger partial charge in [0, 0.05) is 25.0 Å². The maximum Gasteiger partial charge on any atom is 0.537 e. The maximum absolute atomic E-state index is 5.93. The fourth-order valence-corrected chi connectivity index (χ4v) is 4.57. The SMILES string of the molecule is CCO[Si](OCC)(OCC)c1cccc(C(C)C)c1. The Kier molecular flexibility index (Phi) is 6.72. The van der Waals surface area contributed by atoms with Crippen LogP contribution in [0.25, 0.3) is 0 Å². The molecule has 0 heterocycles. The summed E-state index contributed by atoms with van der Waals surface area (Å²) in [6.45, 7) is 12.1. The number of hydrogen-bond donors (Lipinski definition) is 0. The molecule has 0 aromatic heterocycles. The summed E-state index contributed by atoms with van der Waals surface area (Å²) >= 11 is 0. The standard InChI is InChI=1S/C15H26O3Si/c1-6-16-19(17-7-2,18-8-3)15-11-9-10-14(12-15)13(4)5/h9-13H,6-8H2,1-5H3. The molecule has 0 aliphatic heterocycles. The predicted molar refractivity (Wildman–Crippen MR) is 80.8 cm³/mol. The zero-order valence-electron chi connectivity index (χ0n) is 12.7. The van der Waals surface area contributed by atoms with Crippen LogP contribution in [0.2, 0.25) is 0 Å². The van der Waals surface area contributed by atoms with Gasteiger partial charge in [-0.25, -0.2) is 0 Å². The van der Waals surface area contributed by atoms with Gasteiger partial charge in [0.2, 0.25) is 0 Å². The van der Waals surface area contributed by atoms with Crippen LogP contribution >= 0.6 is 0 Å². The molecule has 0 aliphatic rings. The van der Waals surface area contributed by atoms with Crippen LogP contribution in [0.3, 0.4) is 0 Å². The van der Waals surface area contributed by atoms with E-state index >= 15 is 0 Å². The van der Waals surface area contributed by atoms with Gasteiger partial charge >= 0.3 is 8.80 Å². The summed E-state index contributed by atoms with van der Waals surface area (Å²) in [5, 5.41) is 1.06. The van der Waals surface area contributed by atoms with Crippen molar-refractivity contribution in [3.63, 3.8) is 0 Å². The minimum absolute atomic E-state index is 0.483. The van der Waals surface area contributed by atoms with Gasteiger partial charge in [0.25, 0.3) is 0 Å². The number of hydrogen-bond acceptors (Lipinski definition) is 3. The Morgan fingerprint density at radius 1 is 0.947 bits per heavy atom. The van der Waals surface area contributed by atoms with Gasteiger partial charge in [-0.1, -0.05) is 38.1 Å². The molecule has 0 atom stereocenters. The molecule has 1 aromatic carbocycles. The average Bonchev–Trinajstić information content (AvgIpc) is 2.39. The van der Waals surface area contributed by atoms with E-state index in [2.05, 4.69) is 38.1 Å². The molecule has 1 aromatic rings. The van der Waals surface area contributed by atoms with Crippen LogP contribution in [-0.4, -0.2) is 28.6 Å². The molecule has 0 saturated heterocycles. The van der Waals surface area contributed by atoms with Crippen molar-refractivity contribution in [3.05, 3.63) is 29.8 Å². The second-order valence-corrected chi connectivity index (χ2v) is 7.19. The van der Waals surface area contributed by atoms with Crippen molar-refractivity contribution in [2.24, 2.45) is 0 Å².